The van der Waals surface area contributed by atoms with Crippen molar-refractivity contribution in [1.29, 1.82) is 0 Å². The van der Waals surface area contributed by atoms with Gasteiger partial charge in [-0.15, -0.1) is 0 Å². The van der Waals surface area contributed by atoms with Gasteiger partial charge < -0.3 is 31.7 Å². The molecule has 0 unspecified atom stereocenters. The van der Waals surface area contributed by atoms with E-state index in [4.69, 9.17) is 0 Å². The van der Waals surface area contributed by atoms with E-state index in [2.05, 4.69) is 26.6 Å². The average molecular weight is 574 g/mol. The maximum atomic E-state index is 13.6. The smallest absolute Gasteiger partial charge is 0.245 e. The number of hydrogen-bond donors (Lipinski definition) is 6. The highest BCUT2D eigenvalue weighted by molar-refractivity contribution is 5.98. The molecule has 1 aliphatic rings. The van der Waals surface area contributed by atoms with Crippen molar-refractivity contribution in [2.24, 2.45) is 17.8 Å². The molecule has 2 rings (SSSR count). The summed E-state index contributed by atoms with van der Waals surface area (Å²) in [6, 6.07) is 3.68. The Kier molecular flexibility index (Phi) is 13.2. The maximum Gasteiger partial charge on any atom is 0.245 e. The van der Waals surface area contributed by atoms with Crippen LogP contribution >= 0.6 is 0 Å². The van der Waals surface area contributed by atoms with Crippen LogP contribution in [0, 0.1) is 17.8 Å². The summed E-state index contributed by atoms with van der Waals surface area (Å²) in [7, 11) is 0. The average Bonchev–Trinajstić information content (AvgIpc) is 2.89. The summed E-state index contributed by atoms with van der Waals surface area (Å²) in [4.78, 5) is 67.0. The Morgan fingerprint density at radius 2 is 0.854 bits per heavy atom. The number of amides is 5. The molecule has 11 heteroatoms. The Bertz CT molecular complexity index is 1050. The zero-order valence-corrected chi connectivity index (χ0v) is 25.0. The van der Waals surface area contributed by atoms with Crippen LogP contribution in [0.25, 0.3) is 0 Å². The minimum atomic E-state index is -1.36. The van der Waals surface area contributed by atoms with Gasteiger partial charge in [-0.2, -0.15) is 0 Å². The Balaban J connectivity index is 2.54. The van der Waals surface area contributed by atoms with Crippen molar-refractivity contribution in [3.8, 4) is 0 Å². The van der Waals surface area contributed by atoms with E-state index in [0.29, 0.717) is 12.8 Å². The normalized spacial score (nSPS) is 25.1. The molecule has 6 N–H and O–H groups in total. The van der Waals surface area contributed by atoms with Gasteiger partial charge in [0.25, 0.3) is 0 Å². The third-order valence-corrected chi connectivity index (χ3v) is 6.75. The van der Waals surface area contributed by atoms with Gasteiger partial charge in [-0.25, -0.2) is 0 Å². The predicted molar refractivity (Wildman–Crippen MR) is 155 cm³/mol. The zero-order valence-electron chi connectivity index (χ0n) is 25.0. The molecule has 0 saturated carbocycles. The molecule has 41 heavy (non-hydrogen) atoms. The lowest BCUT2D eigenvalue weighted by atomic mass is 9.98. The number of aliphatic hydroxyl groups is 1. The molecular weight excluding hydrogens is 526 g/mol. The second-order valence-electron chi connectivity index (χ2n) is 12.1. The van der Waals surface area contributed by atoms with Crippen molar-refractivity contribution >= 4 is 29.5 Å². The van der Waals surface area contributed by atoms with E-state index < -0.39 is 66.4 Å². The summed E-state index contributed by atoms with van der Waals surface area (Å²) < 4.78 is 0. The fourth-order valence-corrected chi connectivity index (χ4v) is 4.72. The third-order valence-electron chi connectivity index (χ3n) is 6.75. The Hall–Kier alpha value is -3.47. The Morgan fingerprint density at radius 3 is 1.22 bits per heavy atom. The van der Waals surface area contributed by atoms with Crippen LogP contribution in [0.1, 0.15) is 66.4 Å². The molecule has 0 aromatic heterocycles. The number of aliphatic hydroxyl groups excluding tert-OH is 1. The summed E-state index contributed by atoms with van der Waals surface area (Å²) in [5.74, 6) is -2.97. The van der Waals surface area contributed by atoms with Gasteiger partial charge in [-0.05, 0) is 42.6 Å². The van der Waals surface area contributed by atoms with Crippen molar-refractivity contribution in [3.63, 3.8) is 0 Å². The molecule has 0 aliphatic carbocycles. The zero-order chi connectivity index (χ0) is 30.7. The molecule has 0 radical (unpaired) electrons. The van der Waals surface area contributed by atoms with Crippen LogP contribution in [-0.4, -0.2) is 71.5 Å². The van der Waals surface area contributed by atoms with E-state index in [1.165, 1.54) is 0 Å². The number of rotatable bonds is 9. The summed E-state index contributed by atoms with van der Waals surface area (Å²) in [6.45, 7) is 10.7. The molecule has 1 aromatic rings. The molecule has 1 aliphatic heterocycles. The van der Waals surface area contributed by atoms with Crippen LogP contribution in [0.4, 0.5) is 0 Å². The van der Waals surface area contributed by atoms with E-state index in [0.717, 1.165) is 5.56 Å². The van der Waals surface area contributed by atoms with Crippen molar-refractivity contribution < 1.29 is 29.1 Å². The maximum absolute atomic E-state index is 13.6. The first kappa shape index (κ1) is 33.7. The van der Waals surface area contributed by atoms with Gasteiger partial charge in [0.1, 0.15) is 30.2 Å². The van der Waals surface area contributed by atoms with Crippen LogP contribution in [-0.2, 0) is 30.4 Å². The van der Waals surface area contributed by atoms with Gasteiger partial charge in [0.15, 0.2) is 0 Å². The van der Waals surface area contributed by atoms with Crippen molar-refractivity contribution in [1.82, 2.24) is 26.6 Å². The number of carbonyl (C=O) groups excluding carboxylic acids is 5. The highest BCUT2D eigenvalue weighted by Gasteiger charge is 2.35. The summed E-state index contributed by atoms with van der Waals surface area (Å²) in [5.41, 5.74) is 0.768. The summed E-state index contributed by atoms with van der Waals surface area (Å²) in [6.07, 6.45) is 1.000. The highest BCUT2D eigenvalue weighted by Crippen LogP contribution is 2.13. The van der Waals surface area contributed by atoms with Crippen LogP contribution in [0.2, 0.25) is 0 Å². The second-order valence-corrected chi connectivity index (χ2v) is 12.1. The van der Waals surface area contributed by atoms with Gasteiger partial charge in [-0.1, -0.05) is 71.9 Å². The Labute approximate surface area is 243 Å². The monoisotopic (exact) mass is 573 g/mol. The van der Waals surface area contributed by atoms with E-state index >= 15 is 0 Å². The minimum Gasteiger partial charge on any atom is -0.394 e. The lowest BCUT2D eigenvalue weighted by Crippen LogP contribution is -2.59. The van der Waals surface area contributed by atoms with E-state index in [-0.39, 0.29) is 30.6 Å². The van der Waals surface area contributed by atoms with Crippen LogP contribution < -0.4 is 26.6 Å². The number of benzene rings is 1. The quantitative estimate of drug-likeness (QED) is 0.256. The number of carbonyl (C=O) groups is 5. The Morgan fingerprint density at radius 1 is 0.537 bits per heavy atom. The first-order valence-electron chi connectivity index (χ1n) is 14.5. The third kappa shape index (κ3) is 11.1. The lowest BCUT2D eigenvalue weighted by molar-refractivity contribution is -0.135. The van der Waals surface area contributed by atoms with Crippen LogP contribution in [0.3, 0.4) is 0 Å². The molecule has 228 valence electrons. The van der Waals surface area contributed by atoms with Gasteiger partial charge >= 0.3 is 0 Å². The summed E-state index contributed by atoms with van der Waals surface area (Å²) in [5, 5.41) is 23.5. The molecule has 1 aromatic carbocycles. The van der Waals surface area contributed by atoms with Crippen LogP contribution in [0.5, 0.6) is 0 Å². The minimum absolute atomic E-state index is 0.0140. The molecule has 0 bridgehead atoms. The molecule has 1 heterocycles. The molecule has 0 spiro atoms. The van der Waals surface area contributed by atoms with Gasteiger partial charge in [0, 0.05) is 6.42 Å². The van der Waals surface area contributed by atoms with Gasteiger partial charge in [0.2, 0.25) is 29.5 Å². The fourth-order valence-electron chi connectivity index (χ4n) is 4.72. The fraction of sp³-hybridized carbons (Fsp3) is 0.633. The summed E-state index contributed by atoms with van der Waals surface area (Å²) >= 11 is 0. The first-order valence-corrected chi connectivity index (χ1v) is 14.5. The molecule has 5 amide bonds. The first-order chi connectivity index (χ1) is 19.3. The van der Waals surface area contributed by atoms with E-state index in [9.17, 15) is 29.1 Å². The van der Waals surface area contributed by atoms with E-state index in [1.54, 1.807) is 12.1 Å². The SMILES string of the molecule is CC(C)C[C@@H]1NC(=O)[C@H](CC(C)C)NC(=O)[C@H](Cc2ccccc2)NC(=O)[C@@H](CO)NC(=O)[C@H](CC(C)C)NC1=O. The predicted octanol–water partition coefficient (Wildman–Crippen LogP) is 0.797. The molecular formula is C30H47N5O6. The van der Waals surface area contributed by atoms with Crippen molar-refractivity contribution in [2.75, 3.05) is 6.61 Å². The standard InChI is InChI=1S/C30H47N5O6/c1-17(2)12-21-26(37)32-23(14-19(5)6)28(39)35-25(16-36)30(41)34-24(15-20-10-8-7-9-11-20)29(40)33-22(13-18(3)4)27(38)31-21/h7-11,17-19,21-25,36H,12-16H2,1-6H3,(H,31,38)(H,32,37)(H,33,40)(H,34,41)(H,35,39)/t21-,22-,23-,24-,25+/m0/s1. The largest absolute Gasteiger partial charge is 0.394 e. The van der Waals surface area contributed by atoms with Gasteiger partial charge in [-0.3, -0.25) is 24.0 Å². The lowest BCUT2D eigenvalue weighted by Gasteiger charge is -2.27. The molecule has 1 fully saturated rings. The molecule has 1 saturated heterocycles. The van der Waals surface area contributed by atoms with Crippen molar-refractivity contribution in [3.05, 3.63) is 35.9 Å². The second kappa shape index (κ2) is 16.1. The van der Waals surface area contributed by atoms with Crippen molar-refractivity contribution in [2.45, 2.75) is 97.4 Å². The topological polar surface area (TPSA) is 166 Å². The number of hydrogen-bond acceptors (Lipinski definition) is 6. The highest BCUT2D eigenvalue weighted by atomic mass is 16.3. The number of nitrogens with one attached hydrogen (secondary N) is 5. The molecule has 11 nitrogen and oxygen atoms in total. The van der Waals surface area contributed by atoms with Crippen LogP contribution in [0.15, 0.2) is 30.3 Å². The van der Waals surface area contributed by atoms with E-state index in [1.807, 2.05) is 59.7 Å². The van der Waals surface area contributed by atoms with Gasteiger partial charge in [0.05, 0.1) is 6.61 Å². The molecule has 5 atom stereocenters.